The number of hydrogen-bond donors (Lipinski definition) is 2. The van der Waals surface area contributed by atoms with Crippen molar-refractivity contribution in [3.05, 3.63) is 35.7 Å². The maximum atomic E-state index is 5.63. The lowest BCUT2D eigenvalue weighted by molar-refractivity contribution is -1.02. The summed E-state index contributed by atoms with van der Waals surface area (Å²) in [6.07, 6.45) is 0.975. The molecule has 0 amide bonds. The van der Waals surface area contributed by atoms with Gasteiger partial charge in [-0.15, -0.1) is 5.10 Å². The van der Waals surface area contributed by atoms with E-state index in [9.17, 15) is 0 Å². The van der Waals surface area contributed by atoms with Gasteiger partial charge in [-0.25, -0.2) is 4.68 Å². The zero-order valence-electron chi connectivity index (χ0n) is 17.3. The van der Waals surface area contributed by atoms with Crippen molar-refractivity contribution < 1.29 is 14.5 Å². The first kappa shape index (κ1) is 19.8. The van der Waals surface area contributed by atoms with E-state index in [1.54, 1.807) is 4.90 Å². The van der Waals surface area contributed by atoms with Crippen molar-refractivity contribution >= 4 is 0 Å². The molecule has 2 N–H and O–H groups in total. The van der Waals surface area contributed by atoms with Crippen LogP contribution in [-0.2, 0) is 5.54 Å². The van der Waals surface area contributed by atoms with Crippen molar-refractivity contribution in [2.24, 2.45) is 0 Å². The third-order valence-electron chi connectivity index (χ3n) is 5.87. The molecule has 3 rings (SSSR count). The van der Waals surface area contributed by atoms with Gasteiger partial charge in [0.15, 0.2) is 6.04 Å². The minimum atomic E-state index is -0.111. The van der Waals surface area contributed by atoms with E-state index < -0.39 is 0 Å². The van der Waals surface area contributed by atoms with E-state index in [-0.39, 0.29) is 11.6 Å². The highest BCUT2D eigenvalue weighted by atomic mass is 16.5. The van der Waals surface area contributed by atoms with Gasteiger partial charge >= 0.3 is 0 Å². The molecule has 148 valence electrons. The van der Waals surface area contributed by atoms with Crippen LogP contribution in [0.25, 0.3) is 0 Å². The SMILES string of the molecule is CCOc1ccc([C@@H](c2nnnn2C(C)(C)CC)[NH+]2CC[NH+](C)CC2)cc1. The molecule has 1 atom stereocenters. The third kappa shape index (κ3) is 4.30. The highest BCUT2D eigenvalue weighted by molar-refractivity contribution is 5.30. The van der Waals surface area contributed by atoms with Crippen molar-refractivity contribution in [2.45, 2.75) is 45.7 Å². The Morgan fingerprint density at radius 1 is 1.11 bits per heavy atom. The van der Waals surface area contributed by atoms with E-state index in [1.165, 1.54) is 23.6 Å². The molecule has 7 heteroatoms. The first-order chi connectivity index (χ1) is 13.0. The molecule has 0 unspecified atom stereocenters. The highest BCUT2D eigenvalue weighted by Gasteiger charge is 2.37. The lowest BCUT2D eigenvalue weighted by atomic mass is 9.99. The molecule has 1 aromatic heterocycles. The molecule has 1 aliphatic rings. The summed E-state index contributed by atoms with van der Waals surface area (Å²) in [7, 11) is 2.27. The number of nitrogens with zero attached hydrogens (tertiary/aromatic N) is 4. The van der Waals surface area contributed by atoms with Crippen molar-refractivity contribution in [3.8, 4) is 5.75 Å². The molecule has 2 aromatic rings. The Bertz CT molecular complexity index is 718. The van der Waals surface area contributed by atoms with E-state index in [1.807, 2.05) is 11.6 Å². The number of quaternary nitrogens is 2. The van der Waals surface area contributed by atoms with Gasteiger partial charge in [0.1, 0.15) is 31.9 Å². The molecule has 27 heavy (non-hydrogen) atoms. The van der Waals surface area contributed by atoms with E-state index >= 15 is 0 Å². The summed E-state index contributed by atoms with van der Waals surface area (Å²) in [6, 6.07) is 8.60. The van der Waals surface area contributed by atoms with Crippen molar-refractivity contribution in [1.82, 2.24) is 20.2 Å². The second-order valence-corrected chi connectivity index (χ2v) is 8.17. The van der Waals surface area contributed by atoms with Gasteiger partial charge in [0.2, 0.25) is 5.82 Å². The number of ether oxygens (including phenoxy) is 1. The van der Waals surface area contributed by atoms with Crippen LogP contribution in [0.4, 0.5) is 0 Å². The maximum absolute atomic E-state index is 5.63. The Kier molecular flexibility index (Phi) is 6.11. The summed E-state index contributed by atoms with van der Waals surface area (Å²) in [5, 5.41) is 12.9. The molecular formula is C20H34N6O+2. The zero-order chi connectivity index (χ0) is 19.4. The largest absolute Gasteiger partial charge is 0.494 e. The fourth-order valence-corrected chi connectivity index (χ4v) is 3.73. The van der Waals surface area contributed by atoms with Crippen LogP contribution in [0.5, 0.6) is 5.75 Å². The van der Waals surface area contributed by atoms with Crippen LogP contribution in [0.2, 0.25) is 0 Å². The minimum absolute atomic E-state index is 0.111. The van der Waals surface area contributed by atoms with Crippen molar-refractivity contribution in [2.75, 3.05) is 39.8 Å². The maximum Gasteiger partial charge on any atom is 0.214 e. The lowest BCUT2D eigenvalue weighted by Crippen LogP contribution is -3.27. The van der Waals surface area contributed by atoms with Crippen LogP contribution < -0.4 is 14.5 Å². The molecule has 0 spiro atoms. The second-order valence-electron chi connectivity index (χ2n) is 8.17. The number of benzene rings is 1. The number of piperazine rings is 1. The van der Waals surface area contributed by atoms with Crippen LogP contribution in [-0.4, -0.2) is 60.0 Å². The summed E-state index contributed by atoms with van der Waals surface area (Å²) < 4.78 is 7.66. The number of nitrogens with one attached hydrogen (secondary N) is 2. The number of aromatic nitrogens is 4. The Balaban J connectivity index is 2.00. The van der Waals surface area contributed by atoms with Crippen molar-refractivity contribution in [3.63, 3.8) is 0 Å². The van der Waals surface area contributed by atoms with Crippen LogP contribution >= 0.6 is 0 Å². The van der Waals surface area contributed by atoms with Crippen LogP contribution in [0.3, 0.4) is 0 Å². The first-order valence-corrected chi connectivity index (χ1v) is 10.1. The molecule has 0 aliphatic carbocycles. The predicted octanol–water partition coefficient (Wildman–Crippen LogP) is -0.280. The zero-order valence-corrected chi connectivity index (χ0v) is 17.3. The molecule has 1 aromatic carbocycles. The van der Waals surface area contributed by atoms with E-state index in [2.05, 4.69) is 67.6 Å². The second kappa shape index (κ2) is 8.35. The number of likely N-dealkylation sites (N-methyl/N-ethyl adjacent to an activating group) is 1. The highest BCUT2D eigenvalue weighted by Crippen LogP contribution is 2.25. The molecular weight excluding hydrogens is 340 g/mol. The lowest BCUT2D eigenvalue weighted by Gasteiger charge is -2.34. The molecule has 0 saturated carbocycles. The molecule has 7 nitrogen and oxygen atoms in total. The molecule has 1 fully saturated rings. The Labute approximate surface area is 162 Å². The molecule has 2 heterocycles. The molecule has 0 bridgehead atoms. The van der Waals surface area contributed by atoms with Gasteiger partial charge in [-0.05, 0) is 61.9 Å². The van der Waals surface area contributed by atoms with Crippen LogP contribution in [0.1, 0.15) is 51.5 Å². The Morgan fingerprint density at radius 2 is 1.78 bits per heavy atom. The fourth-order valence-electron chi connectivity index (χ4n) is 3.73. The number of rotatable bonds is 7. The van der Waals surface area contributed by atoms with Gasteiger partial charge in [0.25, 0.3) is 0 Å². The average Bonchev–Trinajstić information content (AvgIpc) is 3.15. The standard InChI is InChI=1S/C20H32N6O/c1-6-20(3,4)26-19(21-22-23-26)18(25-14-12-24(5)13-15-25)16-8-10-17(11-9-16)27-7-2/h8-11,18H,6-7,12-15H2,1-5H3/p+2/t18-/m0/s1. The molecule has 1 saturated heterocycles. The Hall–Kier alpha value is -1.99. The summed E-state index contributed by atoms with van der Waals surface area (Å²) in [4.78, 5) is 3.13. The van der Waals surface area contributed by atoms with E-state index in [0.29, 0.717) is 6.61 Å². The number of tetrazole rings is 1. The van der Waals surface area contributed by atoms with Gasteiger partial charge in [0, 0.05) is 5.56 Å². The predicted molar refractivity (Wildman–Crippen MR) is 104 cm³/mol. The van der Waals surface area contributed by atoms with Crippen LogP contribution in [0.15, 0.2) is 24.3 Å². The normalized spacial score (nSPS) is 21.8. The van der Waals surface area contributed by atoms with Gasteiger partial charge < -0.3 is 14.5 Å². The van der Waals surface area contributed by atoms with Gasteiger partial charge in [0.05, 0.1) is 19.2 Å². The summed E-state index contributed by atoms with van der Waals surface area (Å²) in [5.41, 5.74) is 1.13. The smallest absolute Gasteiger partial charge is 0.214 e. The topological polar surface area (TPSA) is 61.7 Å². The van der Waals surface area contributed by atoms with E-state index in [0.717, 1.165) is 31.1 Å². The molecule has 0 radical (unpaired) electrons. The fraction of sp³-hybridized carbons (Fsp3) is 0.650. The quantitative estimate of drug-likeness (QED) is 0.700. The Morgan fingerprint density at radius 3 is 2.37 bits per heavy atom. The van der Waals surface area contributed by atoms with E-state index in [4.69, 9.17) is 4.74 Å². The van der Waals surface area contributed by atoms with Crippen LogP contribution in [0, 0.1) is 0 Å². The van der Waals surface area contributed by atoms with Gasteiger partial charge in [-0.2, -0.15) is 0 Å². The van der Waals surface area contributed by atoms with Crippen molar-refractivity contribution in [1.29, 1.82) is 0 Å². The van der Waals surface area contributed by atoms with Gasteiger partial charge in [-0.3, -0.25) is 0 Å². The average molecular weight is 375 g/mol. The van der Waals surface area contributed by atoms with Gasteiger partial charge in [-0.1, -0.05) is 6.92 Å². The third-order valence-corrected chi connectivity index (χ3v) is 5.87. The summed E-state index contributed by atoms with van der Waals surface area (Å²) >= 11 is 0. The summed E-state index contributed by atoms with van der Waals surface area (Å²) in [6.45, 7) is 13.8. The first-order valence-electron chi connectivity index (χ1n) is 10.1. The molecule has 1 aliphatic heterocycles. The number of hydrogen-bond acceptors (Lipinski definition) is 4. The monoisotopic (exact) mass is 374 g/mol. The summed E-state index contributed by atoms with van der Waals surface area (Å²) in [5.74, 6) is 1.87. The minimum Gasteiger partial charge on any atom is -0.494 e.